The van der Waals surface area contributed by atoms with Crippen LogP contribution in [0.5, 0.6) is 0 Å². The summed E-state index contributed by atoms with van der Waals surface area (Å²) in [6.45, 7) is 2.29. The number of rotatable bonds is 2. The molecule has 0 spiro atoms. The van der Waals surface area contributed by atoms with Gasteiger partial charge in [0.05, 0.1) is 22.0 Å². The number of fused-ring (bicyclic) bond motifs is 3. The third-order valence-electron chi connectivity index (χ3n) is 5.34. The topological polar surface area (TPSA) is 26.0 Å². The van der Waals surface area contributed by atoms with E-state index in [1.807, 2.05) is 18.2 Å². The maximum atomic E-state index is 14.1. The van der Waals surface area contributed by atoms with Crippen molar-refractivity contribution in [3.63, 3.8) is 0 Å². The van der Waals surface area contributed by atoms with E-state index in [2.05, 4.69) is 6.92 Å². The van der Waals surface area contributed by atoms with E-state index >= 15 is 0 Å². The first-order valence-corrected chi connectivity index (χ1v) is 10.7. The highest BCUT2D eigenvalue weighted by atomic mass is 35.5. The van der Waals surface area contributed by atoms with Gasteiger partial charge in [0, 0.05) is 21.4 Å². The molecule has 0 amide bonds. The Morgan fingerprint density at radius 1 is 1.17 bits per heavy atom. The van der Waals surface area contributed by atoms with Gasteiger partial charge in [-0.2, -0.15) is 0 Å². The summed E-state index contributed by atoms with van der Waals surface area (Å²) in [5, 5.41) is 1.52. The van der Waals surface area contributed by atoms with Crippen LogP contribution < -0.4 is 12.4 Å². The van der Waals surface area contributed by atoms with E-state index in [-0.39, 0.29) is 17.4 Å². The Hall–Kier alpha value is -1.59. The monoisotopic (exact) mass is 466 g/mol. The fraction of sp³-hybridized carbons (Fsp3) is 0.227. The van der Waals surface area contributed by atoms with Crippen molar-refractivity contribution in [3.05, 3.63) is 62.9 Å². The largest absolute Gasteiger partial charge is 1.00 e. The summed E-state index contributed by atoms with van der Waals surface area (Å²) in [6.07, 6.45) is 4.95. The zero-order chi connectivity index (χ0) is 19.4. The molecule has 1 aliphatic carbocycles. The molecule has 0 fully saturated rings. The van der Waals surface area contributed by atoms with Crippen molar-refractivity contribution in [2.75, 3.05) is 0 Å². The van der Waals surface area contributed by atoms with Gasteiger partial charge in [0.2, 0.25) is 0 Å². The molecular formula is C22H16Cl3FNOS-. The second-order valence-corrected chi connectivity index (χ2v) is 9.21. The smallest absolute Gasteiger partial charge is 0.142 e. The number of hydrogen-bond acceptors (Lipinski definition) is 3. The third-order valence-corrected chi connectivity index (χ3v) is 7.09. The second kappa shape index (κ2) is 7.92. The summed E-state index contributed by atoms with van der Waals surface area (Å²) in [5.41, 5.74) is 3.49. The predicted molar refractivity (Wildman–Crippen MR) is 114 cm³/mol. The average Bonchev–Trinajstić information content (AvgIpc) is 3.31. The van der Waals surface area contributed by atoms with Gasteiger partial charge in [-0.25, -0.2) is 9.37 Å². The summed E-state index contributed by atoms with van der Waals surface area (Å²) in [4.78, 5) is 7.19. The number of pyridine rings is 1. The van der Waals surface area contributed by atoms with Gasteiger partial charge in [0.1, 0.15) is 16.4 Å². The summed E-state index contributed by atoms with van der Waals surface area (Å²) in [7, 11) is 0. The van der Waals surface area contributed by atoms with E-state index in [0.717, 1.165) is 34.4 Å². The van der Waals surface area contributed by atoms with Crippen LogP contribution in [0.2, 0.25) is 10.0 Å². The quantitative estimate of drug-likeness (QED) is 0.396. The normalized spacial score (nSPS) is 15.9. The van der Waals surface area contributed by atoms with Gasteiger partial charge < -0.3 is 16.8 Å². The first-order valence-electron chi connectivity index (χ1n) is 9.15. The van der Waals surface area contributed by atoms with Gasteiger partial charge in [-0.15, -0.1) is 11.3 Å². The SMILES string of the molecule is CC1CCc2c(sc3nc(-c4cc(F)c(Cl)cc4Cl)cc(-c4ccco4)c23)C1.[Cl-]. The fourth-order valence-corrected chi connectivity index (χ4v) is 5.81. The summed E-state index contributed by atoms with van der Waals surface area (Å²) in [5.74, 6) is 0.937. The molecule has 2 nitrogen and oxygen atoms in total. The van der Waals surface area contributed by atoms with Crippen LogP contribution in [0, 0.1) is 11.7 Å². The van der Waals surface area contributed by atoms with Crippen molar-refractivity contribution in [1.82, 2.24) is 4.98 Å². The van der Waals surface area contributed by atoms with Crippen LogP contribution in [0.3, 0.4) is 0 Å². The molecule has 1 atom stereocenters. The Bertz CT molecular complexity index is 1200. The molecule has 1 aliphatic rings. The minimum atomic E-state index is -0.512. The molecule has 29 heavy (non-hydrogen) atoms. The number of thiophene rings is 1. The molecule has 0 radical (unpaired) electrons. The van der Waals surface area contributed by atoms with Crippen LogP contribution in [0.1, 0.15) is 23.8 Å². The number of halogens is 4. The highest BCUT2D eigenvalue weighted by molar-refractivity contribution is 7.19. The van der Waals surface area contributed by atoms with Crippen molar-refractivity contribution in [2.24, 2.45) is 5.92 Å². The molecule has 3 heterocycles. The van der Waals surface area contributed by atoms with Gasteiger partial charge >= 0.3 is 0 Å². The van der Waals surface area contributed by atoms with Crippen LogP contribution >= 0.6 is 34.5 Å². The zero-order valence-corrected chi connectivity index (χ0v) is 18.5. The molecule has 7 heteroatoms. The summed E-state index contributed by atoms with van der Waals surface area (Å²) in [6, 6.07) is 8.53. The van der Waals surface area contributed by atoms with E-state index in [9.17, 15) is 4.39 Å². The second-order valence-electron chi connectivity index (χ2n) is 7.31. The predicted octanol–water partition coefficient (Wildman–Crippen LogP) is 4.80. The van der Waals surface area contributed by atoms with Gasteiger partial charge in [-0.05, 0) is 61.1 Å². The number of benzene rings is 1. The summed E-state index contributed by atoms with van der Waals surface area (Å²) < 4.78 is 19.8. The van der Waals surface area contributed by atoms with E-state index in [0.29, 0.717) is 22.2 Å². The average molecular weight is 468 g/mol. The molecule has 0 bridgehead atoms. The highest BCUT2D eigenvalue weighted by Gasteiger charge is 2.25. The third kappa shape index (κ3) is 3.57. The van der Waals surface area contributed by atoms with Crippen LogP contribution in [-0.2, 0) is 12.8 Å². The lowest BCUT2D eigenvalue weighted by Crippen LogP contribution is -3.00. The Labute approximate surface area is 188 Å². The van der Waals surface area contributed by atoms with Gasteiger partial charge in [0.15, 0.2) is 0 Å². The number of aryl methyl sites for hydroxylation is 1. The standard InChI is InChI=1S/C22H16Cl2FNOS.ClH/c1-11-4-5-12-20(7-11)28-22-21(12)14(19-3-2-6-27-19)9-18(26-22)13-8-17(25)16(24)10-15(13)23;/h2-3,6,8-11H,4-5,7H2,1H3;1H/p-1. The number of hydrogen-bond donors (Lipinski definition) is 0. The molecule has 150 valence electrons. The Morgan fingerprint density at radius 2 is 2.00 bits per heavy atom. The lowest BCUT2D eigenvalue weighted by Gasteiger charge is -2.18. The van der Waals surface area contributed by atoms with Crippen molar-refractivity contribution >= 4 is 44.8 Å². The molecule has 5 rings (SSSR count). The number of furan rings is 1. The first-order chi connectivity index (χ1) is 13.5. The van der Waals surface area contributed by atoms with Gasteiger partial charge in [-0.1, -0.05) is 30.1 Å². The maximum absolute atomic E-state index is 14.1. The molecule has 1 unspecified atom stereocenters. The maximum Gasteiger partial charge on any atom is 0.142 e. The van der Waals surface area contributed by atoms with Crippen molar-refractivity contribution < 1.29 is 21.2 Å². The van der Waals surface area contributed by atoms with E-state index < -0.39 is 5.82 Å². The van der Waals surface area contributed by atoms with Gasteiger partial charge in [0.25, 0.3) is 0 Å². The molecular weight excluding hydrogens is 452 g/mol. The summed E-state index contributed by atoms with van der Waals surface area (Å²) >= 11 is 14.0. The van der Waals surface area contributed by atoms with Crippen LogP contribution in [0.25, 0.3) is 32.8 Å². The van der Waals surface area contributed by atoms with Crippen LogP contribution in [-0.4, -0.2) is 4.98 Å². The molecule has 3 aromatic heterocycles. The molecule has 4 aromatic rings. The van der Waals surface area contributed by atoms with Crippen molar-refractivity contribution in [3.8, 4) is 22.6 Å². The van der Waals surface area contributed by atoms with E-state index in [1.54, 1.807) is 17.6 Å². The fourth-order valence-electron chi connectivity index (χ4n) is 3.93. The van der Waals surface area contributed by atoms with Gasteiger partial charge in [-0.3, -0.25) is 0 Å². The molecule has 1 aromatic carbocycles. The first kappa shape index (κ1) is 20.7. The van der Waals surface area contributed by atoms with Crippen molar-refractivity contribution in [1.29, 1.82) is 0 Å². The molecule has 0 saturated carbocycles. The lowest BCUT2D eigenvalue weighted by molar-refractivity contribution is -0.00000639. The minimum absolute atomic E-state index is 0. The van der Waals surface area contributed by atoms with E-state index in [1.165, 1.54) is 29.0 Å². The molecule has 0 saturated heterocycles. The van der Waals surface area contributed by atoms with Crippen LogP contribution in [0.4, 0.5) is 4.39 Å². The zero-order valence-electron chi connectivity index (χ0n) is 15.4. The van der Waals surface area contributed by atoms with Crippen LogP contribution in [0.15, 0.2) is 41.0 Å². The molecule has 0 aliphatic heterocycles. The Morgan fingerprint density at radius 3 is 2.76 bits per heavy atom. The highest BCUT2D eigenvalue weighted by Crippen LogP contribution is 2.44. The Balaban J connectivity index is 0.00000205. The minimum Gasteiger partial charge on any atom is -1.00 e. The van der Waals surface area contributed by atoms with E-state index in [4.69, 9.17) is 32.6 Å². The lowest BCUT2D eigenvalue weighted by atomic mass is 9.88. The van der Waals surface area contributed by atoms with Crippen molar-refractivity contribution in [2.45, 2.75) is 26.2 Å². The molecule has 0 N–H and O–H groups in total. The Kier molecular flexibility index (Phi) is 5.64. The number of nitrogens with zero attached hydrogens (tertiary/aromatic N) is 1. The number of aromatic nitrogens is 1.